The number of rotatable bonds is 4. The lowest BCUT2D eigenvalue weighted by molar-refractivity contribution is 0.133. The van der Waals surface area contributed by atoms with Gasteiger partial charge in [0, 0.05) is 31.4 Å². The lowest BCUT2D eigenvalue weighted by atomic mass is 10.0. The van der Waals surface area contributed by atoms with Gasteiger partial charge in [0.1, 0.15) is 5.75 Å². The summed E-state index contributed by atoms with van der Waals surface area (Å²) in [5.41, 5.74) is 5.03. The van der Waals surface area contributed by atoms with E-state index in [1.54, 1.807) is 7.11 Å². The molecule has 0 unspecified atom stereocenters. The summed E-state index contributed by atoms with van der Waals surface area (Å²) in [5, 5.41) is 4.11. The SMILES string of the molecule is COc1cccc(NC(=S)N2CCCN(Cc3cc(C)ccc3C)C2)c1. The third-order valence-electron chi connectivity index (χ3n) is 4.78. The Hall–Kier alpha value is -2.11. The third-order valence-corrected chi connectivity index (χ3v) is 5.14. The van der Waals surface area contributed by atoms with Crippen molar-refractivity contribution in [2.24, 2.45) is 0 Å². The molecule has 26 heavy (non-hydrogen) atoms. The minimum atomic E-state index is 0.768. The average molecular weight is 370 g/mol. The van der Waals surface area contributed by atoms with E-state index < -0.39 is 0 Å². The molecule has 5 heteroatoms. The number of nitrogens with one attached hydrogen (secondary N) is 1. The van der Waals surface area contributed by atoms with Crippen LogP contribution in [0.4, 0.5) is 5.69 Å². The Bertz CT molecular complexity index is 778. The summed E-state index contributed by atoms with van der Waals surface area (Å²) in [7, 11) is 1.67. The average Bonchev–Trinajstić information content (AvgIpc) is 2.65. The van der Waals surface area contributed by atoms with Crippen LogP contribution in [-0.2, 0) is 6.54 Å². The summed E-state index contributed by atoms with van der Waals surface area (Å²) in [6.45, 7) is 8.24. The molecular weight excluding hydrogens is 342 g/mol. The lowest BCUT2D eigenvalue weighted by Gasteiger charge is -2.37. The van der Waals surface area contributed by atoms with Crippen molar-refractivity contribution in [1.29, 1.82) is 0 Å². The fraction of sp³-hybridized carbons (Fsp3) is 0.381. The number of ether oxygens (including phenoxy) is 1. The van der Waals surface area contributed by atoms with Gasteiger partial charge in [-0.05, 0) is 55.7 Å². The Morgan fingerprint density at radius 3 is 2.81 bits per heavy atom. The Labute approximate surface area is 161 Å². The Kier molecular flexibility index (Phi) is 6.12. The molecule has 0 aliphatic carbocycles. The summed E-state index contributed by atoms with van der Waals surface area (Å²) in [5.74, 6) is 0.827. The van der Waals surface area contributed by atoms with E-state index in [1.807, 2.05) is 24.3 Å². The molecule has 1 heterocycles. The van der Waals surface area contributed by atoms with Gasteiger partial charge in [0.15, 0.2) is 5.11 Å². The number of anilines is 1. The first-order valence-corrected chi connectivity index (χ1v) is 9.44. The number of nitrogens with zero attached hydrogens (tertiary/aromatic N) is 2. The molecule has 0 radical (unpaired) electrons. The standard InChI is InChI=1S/C21H27N3OS/c1-16-8-9-17(2)18(12-16)14-23-10-5-11-24(15-23)21(26)22-19-6-4-7-20(13-19)25-3/h4,6-9,12-13H,5,10-11,14-15H2,1-3H3,(H,22,26). The first-order chi connectivity index (χ1) is 12.5. The number of benzene rings is 2. The topological polar surface area (TPSA) is 27.7 Å². The minimum Gasteiger partial charge on any atom is -0.497 e. The van der Waals surface area contributed by atoms with Gasteiger partial charge in [-0.3, -0.25) is 4.90 Å². The van der Waals surface area contributed by atoms with Gasteiger partial charge in [0.05, 0.1) is 13.8 Å². The highest BCUT2D eigenvalue weighted by atomic mass is 32.1. The summed E-state index contributed by atoms with van der Waals surface area (Å²) < 4.78 is 5.28. The Morgan fingerprint density at radius 2 is 2.00 bits per heavy atom. The van der Waals surface area contributed by atoms with Crippen LogP contribution in [0.2, 0.25) is 0 Å². The molecule has 1 aliphatic heterocycles. The van der Waals surface area contributed by atoms with E-state index in [1.165, 1.54) is 16.7 Å². The highest BCUT2D eigenvalue weighted by Gasteiger charge is 2.20. The molecule has 0 aromatic heterocycles. The third kappa shape index (κ3) is 4.74. The van der Waals surface area contributed by atoms with Crippen molar-refractivity contribution in [2.45, 2.75) is 26.8 Å². The van der Waals surface area contributed by atoms with Crippen molar-refractivity contribution in [2.75, 3.05) is 32.2 Å². The van der Waals surface area contributed by atoms with Gasteiger partial charge >= 0.3 is 0 Å². The van der Waals surface area contributed by atoms with Gasteiger partial charge in [-0.2, -0.15) is 0 Å². The Balaban J connectivity index is 1.62. The van der Waals surface area contributed by atoms with Gasteiger partial charge in [0.25, 0.3) is 0 Å². The van der Waals surface area contributed by atoms with Crippen molar-refractivity contribution < 1.29 is 4.74 Å². The number of thiocarbonyl (C=S) groups is 1. The van der Waals surface area contributed by atoms with Gasteiger partial charge in [-0.1, -0.05) is 29.8 Å². The van der Waals surface area contributed by atoms with Gasteiger partial charge in [0.2, 0.25) is 0 Å². The number of methoxy groups -OCH3 is 1. The molecule has 0 atom stereocenters. The van der Waals surface area contributed by atoms with E-state index >= 15 is 0 Å². The minimum absolute atomic E-state index is 0.768. The van der Waals surface area contributed by atoms with Gasteiger partial charge in [-0.15, -0.1) is 0 Å². The van der Waals surface area contributed by atoms with Crippen LogP contribution in [0.1, 0.15) is 23.1 Å². The molecule has 0 bridgehead atoms. The van der Waals surface area contributed by atoms with E-state index in [4.69, 9.17) is 17.0 Å². The fourth-order valence-corrected chi connectivity index (χ4v) is 3.54. The molecule has 1 fully saturated rings. The number of hydrogen-bond donors (Lipinski definition) is 1. The van der Waals surface area contributed by atoms with Crippen molar-refractivity contribution in [3.63, 3.8) is 0 Å². The zero-order valence-electron chi connectivity index (χ0n) is 15.8. The zero-order valence-corrected chi connectivity index (χ0v) is 16.6. The van der Waals surface area contributed by atoms with E-state index in [2.05, 4.69) is 47.2 Å². The van der Waals surface area contributed by atoms with Crippen LogP contribution in [-0.4, -0.2) is 41.8 Å². The molecule has 2 aromatic carbocycles. The van der Waals surface area contributed by atoms with E-state index in [0.29, 0.717) is 0 Å². The van der Waals surface area contributed by atoms with E-state index in [-0.39, 0.29) is 0 Å². The predicted octanol–water partition coefficient (Wildman–Crippen LogP) is 4.17. The number of hydrogen-bond acceptors (Lipinski definition) is 3. The molecule has 0 saturated carbocycles. The first-order valence-electron chi connectivity index (χ1n) is 9.03. The maximum Gasteiger partial charge on any atom is 0.174 e. The summed E-state index contributed by atoms with van der Waals surface area (Å²) in [6.07, 6.45) is 1.12. The van der Waals surface area contributed by atoms with E-state index in [0.717, 1.165) is 49.3 Å². The normalized spacial score (nSPS) is 15.0. The largest absolute Gasteiger partial charge is 0.497 e. The van der Waals surface area contributed by atoms with Crippen LogP contribution >= 0.6 is 12.2 Å². The smallest absolute Gasteiger partial charge is 0.174 e. The van der Waals surface area contributed by atoms with E-state index in [9.17, 15) is 0 Å². The van der Waals surface area contributed by atoms with Crippen LogP contribution in [0, 0.1) is 13.8 Å². The summed E-state index contributed by atoms with van der Waals surface area (Å²) in [6, 6.07) is 14.5. The molecule has 2 aromatic rings. The van der Waals surface area contributed by atoms with Crippen molar-refractivity contribution in [3.05, 3.63) is 59.2 Å². The second-order valence-corrected chi connectivity index (χ2v) is 7.29. The second-order valence-electron chi connectivity index (χ2n) is 6.90. The highest BCUT2D eigenvalue weighted by molar-refractivity contribution is 7.80. The molecule has 4 nitrogen and oxygen atoms in total. The molecule has 3 rings (SSSR count). The second kappa shape index (κ2) is 8.52. The molecule has 1 saturated heterocycles. The summed E-state index contributed by atoms with van der Waals surface area (Å²) >= 11 is 5.65. The predicted molar refractivity (Wildman–Crippen MR) is 112 cm³/mol. The molecule has 0 amide bonds. The molecule has 138 valence electrons. The Morgan fingerprint density at radius 1 is 1.15 bits per heavy atom. The van der Waals surface area contributed by atoms with Gasteiger partial charge in [-0.25, -0.2) is 0 Å². The van der Waals surface area contributed by atoms with Crippen LogP contribution in [0.25, 0.3) is 0 Å². The lowest BCUT2D eigenvalue weighted by Crippen LogP contribution is -2.48. The maximum atomic E-state index is 5.65. The molecular formula is C21H27N3OS. The monoisotopic (exact) mass is 369 g/mol. The van der Waals surface area contributed by atoms with Crippen LogP contribution in [0.3, 0.4) is 0 Å². The first kappa shape index (κ1) is 18.7. The van der Waals surface area contributed by atoms with Crippen molar-refractivity contribution in [3.8, 4) is 5.75 Å². The zero-order chi connectivity index (χ0) is 18.5. The maximum absolute atomic E-state index is 5.65. The molecule has 1 aliphatic rings. The fourth-order valence-electron chi connectivity index (χ4n) is 3.28. The highest BCUT2D eigenvalue weighted by Crippen LogP contribution is 2.19. The number of aryl methyl sites for hydroxylation is 2. The molecule has 1 N–H and O–H groups in total. The van der Waals surface area contributed by atoms with Crippen LogP contribution in [0.15, 0.2) is 42.5 Å². The van der Waals surface area contributed by atoms with Gasteiger partial charge < -0.3 is 15.0 Å². The summed E-state index contributed by atoms with van der Waals surface area (Å²) in [4.78, 5) is 4.70. The quantitative estimate of drug-likeness (QED) is 0.817. The van der Waals surface area contributed by atoms with Crippen molar-refractivity contribution >= 4 is 23.0 Å². The van der Waals surface area contributed by atoms with Crippen LogP contribution in [0.5, 0.6) is 5.75 Å². The molecule has 0 spiro atoms. The van der Waals surface area contributed by atoms with Crippen LogP contribution < -0.4 is 10.1 Å². The van der Waals surface area contributed by atoms with Crippen molar-refractivity contribution in [1.82, 2.24) is 9.80 Å².